The Hall–Kier alpha value is -1.18. The summed E-state index contributed by atoms with van der Waals surface area (Å²) in [7, 11) is 3.24. The zero-order chi connectivity index (χ0) is 17.0. The molecule has 7 nitrogen and oxygen atoms in total. The van der Waals surface area contributed by atoms with Gasteiger partial charge in [-0.2, -0.15) is 0 Å². The Kier molecular flexibility index (Phi) is 11.7. The maximum Gasteiger partial charge on any atom is 0.307 e. The third kappa shape index (κ3) is 10.5. The van der Waals surface area contributed by atoms with Gasteiger partial charge < -0.3 is 24.2 Å². The lowest BCUT2D eigenvalue weighted by Crippen LogP contribution is -2.33. The van der Waals surface area contributed by atoms with Crippen LogP contribution in [0.2, 0.25) is 0 Å². The summed E-state index contributed by atoms with van der Waals surface area (Å²) >= 11 is 0. The lowest BCUT2D eigenvalue weighted by atomic mass is 9.94. The van der Waals surface area contributed by atoms with Crippen LogP contribution in [0.15, 0.2) is 0 Å². The third-order valence-corrected chi connectivity index (χ3v) is 3.12. The molecule has 1 amide bonds. The van der Waals surface area contributed by atoms with Gasteiger partial charge in [0.25, 0.3) is 0 Å². The maximum absolute atomic E-state index is 12.0. The quantitative estimate of drug-likeness (QED) is 0.406. The first-order valence-corrected chi connectivity index (χ1v) is 7.49. The molecule has 0 aromatic heterocycles. The Morgan fingerprint density at radius 1 is 1.14 bits per heavy atom. The van der Waals surface area contributed by atoms with E-state index in [0.717, 1.165) is 0 Å². The summed E-state index contributed by atoms with van der Waals surface area (Å²) in [5.74, 6) is -1.49. The normalized spacial score (nSPS) is 12.4. The minimum atomic E-state index is -0.918. The van der Waals surface area contributed by atoms with Gasteiger partial charge in [-0.3, -0.25) is 9.59 Å². The first-order valence-electron chi connectivity index (χ1n) is 7.49. The summed E-state index contributed by atoms with van der Waals surface area (Å²) in [5.41, 5.74) is 0. The Balaban J connectivity index is 3.92. The van der Waals surface area contributed by atoms with Crippen LogP contribution in [0.1, 0.15) is 26.7 Å². The van der Waals surface area contributed by atoms with Crippen LogP contribution < -0.4 is 0 Å². The van der Waals surface area contributed by atoms with Crippen LogP contribution in [-0.2, 0) is 23.8 Å². The van der Waals surface area contributed by atoms with Crippen LogP contribution in [0.4, 0.5) is 0 Å². The minimum absolute atomic E-state index is 0.0222. The average molecular weight is 319 g/mol. The molecule has 130 valence electrons. The number of likely N-dealkylation sites (N-methyl/N-ethyl adjacent to an activating group) is 1. The van der Waals surface area contributed by atoms with Crippen molar-refractivity contribution in [3.05, 3.63) is 0 Å². The number of ether oxygens (including phenoxy) is 3. The number of carboxylic acid groups (broad SMARTS) is 1. The molecule has 0 aliphatic rings. The van der Waals surface area contributed by atoms with Gasteiger partial charge in [-0.1, -0.05) is 13.8 Å². The highest BCUT2D eigenvalue weighted by molar-refractivity contribution is 5.82. The van der Waals surface area contributed by atoms with Crippen molar-refractivity contribution in [3.63, 3.8) is 0 Å². The first kappa shape index (κ1) is 20.8. The molecule has 0 saturated carbocycles. The van der Waals surface area contributed by atoms with Gasteiger partial charge in [-0.15, -0.1) is 0 Å². The van der Waals surface area contributed by atoms with E-state index in [4.69, 9.17) is 19.3 Å². The summed E-state index contributed by atoms with van der Waals surface area (Å²) in [6.45, 7) is 5.76. The largest absolute Gasteiger partial charge is 0.481 e. The molecule has 0 fully saturated rings. The zero-order valence-corrected chi connectivity index (χ0v) is 14.0. The lowest BCUT2D eigenvalue weighted by molar-refractivity contribution is -0.146. The molecule has 0 heterocycles. The summed E-state index contributed by atoms with van der Waals surface area (Å²) in [5, 5.41) is 9.15. The molecule has 0 bridgehead atoms. The van der Waals surface area contributed by atoms with E-state index in [1.54, 1.807) is 14.2 Å². The molecule has 0 aromatic carbocycles. The minimum Gasteiger partial charge on any atom is -0.481 e. The summed E-state index contributed by atoms with van der Waals surface area (Å²) in [4.78, 5) is 24.7. The van der Waals surface area contributed by atoms with Gasteiger partial charge in [0.05, 0.1) is 25.7 Å². The monoisotopic (exact) mass is 319 g/mol. The Morgan fingerprint density at radius 3 is 2.32 bits per heavy atom. The lowest BCUT2D eigenvalue weighted by Gasteiger charge is -2.20. The molecule has 7 heteroatoms. The highest BCUT2D eigenvalue weighted by Crippen LogP contribution is 2.16. The molecule has 0 rings (SSSR count). The van der Waals surface area contributed by atoms with Gasteiger partial charge >= 0.3 is 5.97 Å². The molecule has 0 aliphatic carbocycles. The second-order valence-corrected chi connectivity index (χ2v) is 5.61. The van der Waals surface area contributed by atoms with Crippen molar-refractivity contribution >= 4 is 11.9 Å². The van der Waals surface area contributed by atoms with E-state index in [9.17, 15) is 9.59 Å². The van der Waals surface area contributed by atoms with Gasteiger partial charge in [0, 0.05) is 27.1 Å². The van der Waals surface area contributed by atoms with Crippen molar-refractivity contribution in [1.29, 1.82) is 0 Å². The number of aliphatic carboxylic acids is 1. The number of amides is 1. The molecule has 22 heavy (non-hydrogen) atoms. The SMILES string of the molecule is COCCOCOCCN(C)C(=O)C[C@@H](CC(C)C)C(=O)O. The van der Waals surface area contributed by atoms with E-state index in [0.29, 0.717) is 32.8 Å². The molecular weight excluding hydrogens is 290 g/mol. The van der Waals surface area contributed by atoms with Gasteiger partial charge in [0.15, 0.2) is 0 Å². The highest BCUT2D eigenvalue weighted by atomic mass is 16.7. The molecular formula is C15H29NO6. The van der Waals surface area contributed by atoms with Crippen LogP contribution in [0.25, 0.3) is 0 Å². The van der Waals surface area contributed by atoms with Crippen LogP contribution in [0, 0.1) is 11.8 Å². The van der Waals surface area contributed by atoms with E-state index >= 15 is 0 Å². The Bertz CT molecular complexity index is 321. The van der Waals surface area contributed by atoms with E-state index in [1.165, 1.54) is 4.90 Å². The van der Waals surface area contributed by atoms with Crippen LogP contribution in [0.5, 0.6) is 0 Å². The van der Waals surface area contributed by atoms with Gasteiger partial charge in [-0.05, 0) is 12.3 Å². The summed E-state index contributed by atoms with van der Waals surface area (Å²) in [6, 6.07) is 0. The van der Waals surface area contributed by atoms with Gasteiger partial charge in [0.2, 0.25) is 5.91 Å². The number of rotatable bonds is 13. The molecule has 1 atom stereocenters. The van der Waals surface area contributed by atoms with Crippen molar-refractivity contribution in [2.75, 3.05) is 47.3 Å². The zero-order valence-electron chi connectivity index (χ0n) is 14.0. The Morgan fingerprint density at radius 2 is 1.77 bits per heavy atom. The fraction of sp³-hybridized carbons (Fsp3) is 0.867. The van der Waals surface area contributed by atoms with Crippen molar-refractivity contribution in [1.82, 2.24) is 4.90 Å². The summed E-state index contributed by atoms with van der Waals surface area (Å²) in [6.07, 6.45) is 0.521. The predicted octanol–water partition coefficient (Wildman–Crippen LogP) is 1.22. The van der Waals surface area contributed by atoms with E-state index < -0.39 is 11.9 Å². The fourth-order valence-corrected chi connectivity index (χ4v) is 1.85. The number of methoxy groups -OCH3 is 1. The van der Waals surface area contributed by atoms with E-state index in [2.05, 4.69) is 0 Å². The number of carbonyl (C=O) groups excluding carboxylic acids is 1. The number of carbonyl (C=O) groups is 2. The second kappa shape index (κ2) is 12.4. The summed E-state index contributed by atoms with van der Waals surface area (Å²) < 4.78 is 15.2. The van der Waals surface area contributed by atoms with Crippen LogP contribution in [0.3, 0.4) is 0 Å². The number of hydrogen-bond acceptors (Lipinski definition) is 5. The van der Waals surface area contributed by atoms with E-state index in [-0.39, 0.29) is 25.0 Å². The predicted molar refractivity (Wildman–Crippen MR) is 81.5 cm³/mol. The molecule has 0 saturated heterocycles. The second-order valence-electron chi connectivity index (χ2n) is 5.61. The maximum atomic E-state index is 12.0. The van der Waals surface area contributed by atoms with E-state index in [1.807, 2.05) is 13.8 Å². The van der Waals surface area contributed by atoms with Crippen LogP contribution in [-0.4, -0.2) is 69.2 Å². The molecule has 0 spiro atoms. The number of nitrogens with zero attached hydrogens (tertiary/aromatic N) is 1. The number of hydrogen-bond donors (Lipinski definition) is 1. The van der Waals surface area contributed by atoms with Gasteiger partial charge in [0.1, 0.15) is 6.79 Å². The molecule has 0 aliphatic heterocycles. The molecule has 1 N–H and O–H groups in total. The van der Waals surface area contributed by atoms with Crippen LogP contribution >= 0.6 is 0 Å². The van der Waals surface area contributed by atoms with Crippen molar-refractivity contribution in [2.45, 2.75) is 26.7 Å². The topological polar surface area (TPSA) is 85.3 Å². The molecule has 0 aromatic rings. The Labute approximate surface area is 132 Å². The standard InChI is InChI=1S/C15H29NO6/c1-12(2)9-13(15(18)19)10-14(17)16(3)5-6-21-11-22-8-7-20-4/h12-13H,5-11H2,1-4H3,(H,18,19)/t13-/m1/s1. The third-order valence-electron chi connectivity index (χ3n) is 3.12. The number of carboxylic acids is 1. The molecule has 0 unspecified atom stereocenters. The highest BCUT2D eigenvalue weighted by Gasteiger charge is 2.23. The van der Waals surface area contributed by atoms with Crippen molar-refractivity contribution in [3.8, 4) is 0 Å². The van der Waals surface area contributed by atoms with Gasteiger partial charge in [-0.25, -0.2) is 0 Å². The first-order chi connectivity index (χ1) is 10.4. The smallest absolute Gasteiger partial charge is 0.307 e. The van der Waals surface area contributed by atoms with Crippen molar-refractivity contribution < 1.29 is 28.9 Å². The fourth-order valence-electron chi connectivity index (χ4n) is 1.85. The molecule has 0 radical (unpaired) electrons. The average Bonchev–Trinajstić information content (AvgIpc) is 2.44. The van der Waals surface area contributed by atoms with Crippen molar-refractivity contribution in [2.24, 2.45) is 11.8 Å².